The molecule has 0 unspecified atom stereocenters. The normalized spacial score (nSPS) is 27.5. The van der Waals surface area contributed by atoms with E-state index in [1.165, 1.54) is 75.8 Å². The van der Waals surface area contributed by atoms with Gasteiger partial charge in [-0.05, 0) is 106 Å². The van der Waals surface area contributed by atoms with Gasteiger partial charge in [-0.3, -0.25) is 0 Å². The molecule has 2 saturated carbocycles. The molecule has 0 saturated heterocycles. The van der Waals surface area contributed by atoms with Crippen LogP contribution in [0.1, 0.15) is 89.5 Å². The van der Waals surface area contributed by atoms with Gasteiger partial charge in [-0.2, -0.15) is 4.39 Å². The lowest BCUT2D eigenvalue weighted by Gasteiger charge is -2.43. The number of hydrogen-bond donors (Lipinski definition) is 0. The first-order chi connectivity index (χ1) is 16.5. The highest BCUT2D eigenvalue weighted by Gasteiger charge is 2.38. The number of halogens is 2. The van der Waals surface area contributed by atoms with Gasteiger partial charge in [0.2, 0.25) is 5.82 Å². The molecule has 2 aliphatic carbocycles. The van der Waals surface area contributed by atoms with E-state index in [1.807, 2.05) is 19.2 Å². The Hall–Kier alpha value is -1.94. The van der Waals surface area contributed by atoms with E-state index in [0.29, 0.717) is 18.1 Å². The van der Waals surface area contributed by atoms with Crippen LogP contribution in [0.15, 0.2) is 36.4 Å². The van der Waals surface area contributed by atoms with Gasteiger partial charge in [0, 0.05) is 12.7 Å². The maximum Gasteiger partial charge on any atom is 0.201 e. The van der Waals surface area contributed by atoms with Gasteiger partial charge < -0.3 is 9.47 Å². The van der Waals surface area contributed by atoms with Crippen molar-refractivity contribution < 1.29 is 18.3 Å². The van der Waals surface area contributed by atoms with E-state index in [1.54, 1.807) is 13.0 Å². The molecule has 2 fully saturated rings. The summed E-state index contributed by atoms with van der Waals surface area (Å²) >= 11 is 0. The number of ether oxygens (including phenoxy) is 2. The van der Waals surface area contributed by atoms with Crippen molar-refractivity contribution >= 4 is 0 Å². The fourth-order valence-electron chi connectivity index (χ4n) is 6.53. The first-order valence-corrected chi connectivity index (χ1v) is 13.3. The maximum atomic E-state index is 14.6. The summed E-state index contributed by atoms with van der Waals surface area (Å²) in [4.78, 5) is 0. The number of benzene rings is 2. The minimum absolute atomic E-state index is 0.0339. The molecule has 0 aliphatic heterocycles. The molecule has 2 aromatic rings. The van der Waals surface area contributed by atoms with Crippen molar-refractivity contribution in [1.29, 1.82) is 0 Å². The molecular formula is C30H40F2O2. The summed E-state index contributed by atoms with van der Waals surface area (Å²) in [5.41, 5.74) is 2.44. The lowest BCUT2D eigenvalue weighted by molar-refractivity contribution is -0.0624. The highest BCUT2D eigenvalue weighted by molar-refractivity contribution is 5.65. The third-order valence-electron chi connectivity index (χ3n) is 8.56. The zero-order valence-electron chi connectivity index (χ0n) is 21.0. The van der Waals surface area contributed by atoms with Gasteiger partial charge in [-0.25, -0.2) is 4.39 Å². The fourth-order valence-corrected chi connectivity index (χ4v) is 6.53. The smallest absolute Gasteiger partial charge is 0.201 e. The highest BCUT2D eigenvalue weighted by atomic mass is 19.2. The van der Waals surface area contributed by atoms with Gasteiger partial charge in [0.25, 0.3) is 0 Å². The van der Waals surface area contributed by atoms with E-state index in [-0.39, 0.29) is 16.9 Å². The molecule has 4 heteroatoms. The average Bonchev–Trinajstić information content (AvgIpc) is 2.88. The molecular weight excluding hydrogens is 430 g/mol. The highest BCUT2D eigenvalue weighted by Crippen LogP contribution is 2.46. The summed E-state index contributed by atoms with van der Waals surface area (Å²) in [5, 5.41) is 0. The SMILES string of the molecule is CCCC1(OC)CCC(C2CCC(c3ccc(-c4ccc(OCC)c(F)c4F)cc3)CC2)CC1. The Morgan fingerprint density at radius 1 is 0.824 bits per heavy atom. The average molecular weight is 471 g/mol. The minimum atomic E-state index is -0.915. The lowest BCUT2D eigenvalue weighted by Crippen LogP contribution is -2.38. The second-order valence-corrected chi connectivity index (χ2v) is 10.4. The summed E-state index contributed by atoms with van der Waals surface area (Å²) in [6.45, 7) is 4.32. The van der Waals surface area contributed by atoms with E-state index >= 15 is 0 Å². The summed E-state index contributed by atoms with van der Waals surface area (Å²) in [6.07, 6.45) is 12.5. The molecule has 4 rings (SSSR count). The number of rotatable bonds is 8. The minimum Gasteiger partial charge on any atom is -0.491 e. The van der Waals surface area contributed by atoms with Crippen LogP contribution in [-0.2, 0) is 4.74 Å². The van der Waals surface area contributed by atoms with Crippen molar-refractivity contribution in [2.75, 3.05) is 13.7 Å². The largest absolute Gasteiger partial charge is 0.491 e. The van der Waals surface area contributed by atoms with E-state index < -0.39 is 11.6 Å². The summed E-state index contributed by atoms with van der Waals surface area (Å²) in [6, 6.07) is 11.2. The summed E-state index contributed by atoms with van der Waals surface area (Å²) in [7, 11) is 1.90. The van der Waals surface area contributed by atoms with Crippen molar-refractivity contribution in [3.05, 3.63) is 53.6 Å². The van der Waals surface area contributed by atoms with Gasteiger partial charge in [0.05, 0.1) is 12.2 Å². The molecule has 34 heavy (non-hydrogen) atoms. The van der Waals surface area contributed by atoms with Crippen LogP contribution in [0.4, 0.5) is 8.78 Å². The van der Waals surface area contributed by atoms with Crippen LogP contribution in [0.3, 0.4) is 0 Å². The molecule has 0 N–H and O–H groups in total. The molecule has 2 aromatic carbocycles. The zero-order valence-corrected chi connectivity index (χ0v) is 21.0. The van der Waals surface area contributed by atoms with Gasteiger partial charge in [-0.1, -0.05) is 37.6 Å². The molecule has 2 aliphatic rings. The first-order valence-electron chi connectivity index (χ1n) is 13.3. The number of hydrogen-bond acceptors (Lipinski definition) is 2. The van der Waals surface area contributed by atoms with Crippen LogP contribution in [0.2, 0.25) is 0 Å². The summed E-state index contributed by atoms with van der Waals surface area (Å²) in [5.74, 6) is 0.460. The molecule has 0 amide bonds. The van der Waals surface area contributed by atoms with E-state index in [2.05, 4.69) is 19.1 Å². The predicted octanol–water partition coefficient (Wildman–Crippen LogP) is 8.68. The fraction of sp³-hybridized carbons (Fsp3) is 0.600. The van der Waals surface area contributed by atoms with Crippen molar-refractivity contribution in [3.63, 3.8) is 0 Å². The van der Waals surface area contributed by atoms with Gasteiger partial charge in [0.1, 0.15) is 0 Å². The Balaban J connectivity index is 1.34. The van der Waals surface area contributed by atoms with Crippen LogP contribution in [-0.4, -0.2) is 19.3 Å². The van der Waals surface area contributed by atoms with Crippen molar-refractivity contribution in [2.24, 2.45) is 11.8 Å². The topological polar surface area (TPSA) is 18.5 Å². The van der Waals surface area contributed by atoms with Crippen molar-refractivity contribution in [2.45, 2.75) is 89.6 Å². The lowest BCUT2D eigenvalue weighted by atomic mass is 9.66. The Morgan fingerprint density at radius 2 is 1.47 bits per heavy atom. The van der Waals surface area contributed by atoms with Gasteiger partial charge in [-0.15, -0.1) is 0 Å². The molecule has 186 valence electrons. The molecule has 2 nitrogen and oxygen atoms in total. The van der Waals surface area contributed by atoms with Crippen molar-refractivity contribution in [3.8, 4) is 16.9 Å². The molecule has 0 radical (unpaired) electrons. The molecule has 0 bridgehead atoms. The van der Waals surface area contributed by atoms with Crippen LogP contribution in [0, 0.1) is 23.5 Å². The molecule has 0 aromatic heterocycles. The van der Waals surface area contributed by atoms with E-state index in [0.717, 1.165) is 11.8 Å². The summed E-state index contributed by atoms with van der Waals surface area (Å²) < 4.78 is 40.0. The van der Waals surface area contributed by atoms with E-state index in [9.17, 15) is 8.78 Å². The third-order valence-corrected chi connectivity index (χ3v) is 8.56. The Labute approximate surface area is 204 Å². The molecule has 0 spiro atoms. The van der Waals surface area contributed by atoms with Crippen LogP contribution < -0.4 is 4.74 Å². The molecule has 0 atom stereocenters. The Bertz CT molecular complexity index is 924. The van der Waals surface area contributed by atoms with Crippen molar-refractivity contribution in [1.82, 2.24) is 0 Å². The van der Waals surface area contributed by atoms with E-state index in [4.69, 9.17) is 9.47 Å². The Kier molecular flexibility index (Phi) is 8.29. The standard InChI is InChI=1S/C30H40F2O2/c1-4-18-30(33-3)19-16-24(17-20-30)23-8-6-21(7-9-23)22-10-12-25(13-11-22)26-14-15-27(34-5-2)29(32)28(26)31/h10-15,21,23-24H,4-9,16-20H2,1-3H3. The second kappa shape index (κ2) is 11.2. The zero-order chi connectivity index (χ0) is 24.1. The van der Waals surface area contributed by atoms with Crippen LogP contribution in [0.25, 0.3) is 11.1 Å². The monoisotopic (exact) mass is 470 g/mol. The van der Waals surface area contributed by atoms with Gasteiger partial charge >= 0.3 is 0 Å². The number of methoxy groups -OCH3 is 1. The maximum absolute atomic E-state index is 14.6. The van der Waals surface area contributed by atoms with Gasteiger partial charge in [0.15, 0.2) is 11.6 Å². The Morgan fingerprint density at radius 3 is 2.06 bits per heavy atom. The van der Waals surface area contributed by atoms with Crippen LogP contribution in [0.5, 0.6) is 5.75 Å². The molecule has 0 heterocycles. The van der Waals surface area contributed by atoms with Crippen LogP contribution >= 0.6 is 0 Å². The third kappa shape index (κ3) is 5.32. The quantitative estimate of drug-likeness (QED) is 0.384. The predicted molar refractivity (Wildman–Crippen MR) is 134 cm³/mol. The second-order valence-electron chi connectivity index (χ2n) is 10.4. The first kappa shape index (κ1) is 25.2.